The van der Waals surface area contributed by atoms with E-state index in [0.29, 0.717) is 0 Å². The third-order valence-electron chi connectivity index (χ3n) is 6.12. The Labute approximate surface area is 183 Å². The number of thiophene rings is 1. The number of aliphatic hydroxyl groups is 1. The van der Waals surface area contributed by atoms with Gasteiger partial charge >= 0.3 is 7.48 Å². The van der Waals surface area contributed by atoms with E-state index in [1.54, 1.807) is 32.7 Å². The summed E-state index contributed by atoms with van der Waals surface area (Å²) in [5.74, 6) is 0. The second kappa shape index (κ2) is 7.05. The van der Waals surface area contributed by atoms with Crippen LogP contribution in [0.4, 0.5) is 0 Å². The van der Waals surface area contributed by atoms with Crippen molar-refractivity contribution in [3.05, 3.63) is 48.2 Å². The topological polar surface area (TPSA) is 42.4 Å². The Balaban J connectivity index is 1.82. The van der Waals surface area contributed by atoms with Gasteiger partial charge in [-0.2, -0.15) is 0 Å². The normalized spacial score (nSPS) is 13.5. The van der Waals surface area contributed by atoms with Crippen molar-refractivity contribution in [1.82, 2.24) is 4.98 Å². The van der Waals surface area contributed by atoms with Crippen molar-refractivity contribution in [2.75, 3.05) is 0 Å². The van der Waals surface area contributed by atoms with Crippen LogP contribution in [-0.2, 0) is 10.1 Å². The van der Waals surface area contributed by atoms with Crippen LogP contribution < -0.4 is 5.46 Å². The molecule has 0 unspecified atom stereocenters. The van der Waals surface area contributed by atoms with E-state index in [0.717, 1.165) is 21.4 Å². The molecule has 1 N–H and O–H groups in total. The summed E-state index contributed by atoms with van der Waals surface area (Å²) in [5.41, 5.74) is 0.488. The van der Waals surface area contributed by atoms with Gasteiger partial charge < -0.3 is 9.76 Å². The van der Waals surface area contributed by atoms with Gasteiger partial charge in [0.1, 0.15) is 4.83 Å². The molecule has 3 nitrogen and oxygen atoms in total. The van der Waals surface area contributed by atoms with Gasteiger partial charge in [-0.05, 0) is 56.1 Å². The number of rotatable bonds is 4. The van der Waals surface area contributed by atoms with Crippen molar-refractivity contribution < 1.29 is 9.76 Å². The fourth-order valence-electron chi connectivity index (χ4n) is 3.37. The minimum atomic E-state index is -0.955. The van der Waals surface area contributed by atoms with Gasteiger partial charge in [-0.3, -0.25) is 0 Å². The summed E-state index contributed by atoms with van der Waals surface area (Å²) >= 11 is 1.75. The molecular formula is C25H29BNO2S. The minimum Gasteiger partial charge on any atom is -0.427 e. The van der Waals surface area contributed by atoms with Crippen molar-refractivity contribution in [2.45, 2.75) is 65.1 Å². The predicted octanol–water partition coefficient (Wildman–Crippen LogP) is 5.71. The fraction of sp³-hybridized carbons (Fsp3) is 0.400. The van der Waals surface area contributed by atoms with Crippen LogP contribution >= 0.6 is 11.3 Å². The van der Waals surface area contributed by atoms with Crippen molar-refractivity contribution in [3.8, 4) is 0 Å². The molecule has 2 heterocycles. The predicted molar refractivity (Wildman–Crippen MR) is 130 cm³/mol. The summed E-state index contributed by atoms with van der Waals surface area (Å²) in [6, 6.07) is 15.0. The van der Waals surface area contributed by atoms with E-state index in [-0.39, 0.29) is 5.41 Å². The third-order valence-corrected chi connectivity index (χ3v) is 7.27. The Kier molecular flexibility index (Phi) is 5.00. The van der Waals surface area contributed by atoms with Crippen LogP contribution in [0.25, 0.3) is 31.1 Å². The average molecular weight is 418 g/mol. The zero-order valence-electron chi connectivity index (χ0n) is 18.8. The third kappa shape index (κ3) is 3.64. The molecule has 4 aromatic rings. The summed E-state index contributed by atoms with van der Waals surface area (Å²) in [5, 5.41) is 15.2. The highest BCUT2D eigenvalue weighted by molar-refractivity contribution is 7.26. The molecule has 4 rings (SSSR count). The lowest BCUT2D eigenvalue weighted by Crippen LogP contribution is -2.49. The van der Waals surface area contributed by atoms with Gasteiger partial charge in [0.15, 0.2) is 0 Å². The maximum atomic E-state index is 10.4. The van der Waals surface area contributed by atoms with E-state index in [4.69, 9.17) is 9.64 Å². The Hall–Kier alpha value is -1.95. The number of fused-ring (bicyclic) bond motifs is 5. The standard InChI is InChI=1S/C25H29BNO2S/c1-23(2,3)20-14-13-18-17-12-11-15-16(21(17)30-22(18)27-20)9-8-10-19(15)26-29-25(6,7)24(4,5)28/h8-14,28H,1-7H3. The van der Waals surface area contributed by atoms with E-state index in [1.807, 2.05) is 13.8 Å². The van der Waals surface area contributed by atoms with Crippen molar-refractivity contribution in [2.24, 2.45) is 0 Å². The van der Waals surface area contributed by atoms with Gasteiger partial charge in [-0.25, -0.2) is 4.98 Å². The monoisotopic (exact) mass is 418 g/mol. The smallest absolute Gasteiger partial charge is 0.331 e. The fourth-order valence-corrected chi connectivity index (χ4v) is 4.57. The second-order valence-corrected chi connectivity index (χ2v) is 11.1. The summed E-state index contributed by atoms with van der Waals surface area (Å²) in [6.07, 6.45) is 0. The first-order valence-electron chi connectivity index (χ1n) is 10.4. The molecule has 155 valence electrons. The number of nitrogens with zero attached hydrogens (tertiary/aromatic N) is 1. The zero-order valence-corrected chi connectivity index (χ0v) is 19.6. The van der Waals surface area contributed by atoms with Crippen LogP contribution in [-0.4, -0.2) is 28.8 Å². The first-order valence-corrected chi connectivity index (χ1v) is 11.2. The molecule has 0 spiro atoms. The van der Waals surface area contributed by atoms with Gasteiger partial charge in [0.05, 0.1) is 11.2 Å². The van der Waals surface area contributed by atoms with Crippen molar-refractivity contribution >= 4 is 55.4 Å². The van der Waals surface area contributed by atoms with E-state index < -0.39 is 11.2 Å². The lowest BCUT2D eigenvalue weighted by atomic mass is 9.80. The van der Waals surface area contributed by atoms with E-state index in [1.165, 1.54) is 20.9 Å². The maximum Gasteiger partial charge on any atom is 0.331 e. The molecule has 5 heteroatoms. The molecule has 2 aromatic heterocycles. The quantitative estimate of drug-likeness (QED) is 0.432. The van der Waals surface area contributed by atoms with Crippen LogP contribution in [0, 0.1) is 0 Å². The summed E-state index contributed by atoms with van der Waals surface area (Å²) < 4.78 is 7.28. The highest BCUT2D eigenvalue weighted by atomic mass is 32.1. The lowest BCUT2D eigenvalue weighted by Gasteiger charge is -2.37. The van der Waals surface area contributed by atoms with Gasteiger partial charge in [0.25, 0.3) is 0 Å². The number of pyridine rings is 1. The summed E-state index contributed by atoms with van der Waals surface area (Å²) in [7, 11) is 1.77. The second-order valence-electron chi connectivity index (χ2n) is 10.1. The van der Waals surface area contributed by atoms with Crippen LogP contribution in [0.3, 0.4) is 0 Å². The molecule has 0 bridgehead atoms. The first-order chi connectivity index (χ1) is 13.9. The minimum absolute atomic E-state index is 0.0270. The molecule has 0 fully saturated rings. The summed E-state index contributed by atoms with van der Waals surface area (Å²) in [4.78, 5) is 6.05. The number of hydrogen-bond acceptors (Lipinski definition) is 4. The molecule has 0 saturated heterocycles. The Morgan fingerprint density at radius 2 is 1.47 bits per heavy atom. The maximum absolute atomic E-state index is 10.4. The van der Waals surface area contributed by atoms with Crippen molar-refractivity contribution in [1.29, 1.82) is 0 Å². The van der Waals surface area contributed by atoms with Gasteiger partial charge in [-0.1, -0.05) is 51.1 Å². The van der Waals surface area contributed by atoms with Crippen LogP contribution in [0.5, 0.6) is 0 Å². The number of aromatic nitrogens is 1. The van der Waals surface area contributed by atoms with Crippen molar-refractivity contribution in [3.63, 3.8) is 0 Å². The lowest BCUT2D eigenvalue weighted by molar-refractivity contribution is -0.0893. The molecular weight excluding hydrogens is 389 g/mol. The zero-order chi connectivity index (χ0) is 21.9. The Bertz CT molecular complexity index is 1250. The van der Waals surface area contributed by atoms with Gasteiger partial charge in [0, 0.05) is 26.6 Å². The van der Waals surface area contributed by atoms with E-state index >= 15 is 0 Å². The highest BCUT2D eigenvalue weighted by Gasteiger charge is 2.35. The van der Waals surface area contributed by atoms with E-state index in [9.17, 15) is 5.11 Å². The van der Waals surface area contributed by atoms with Gasteiger partial charge in [-0.15, -0.1) is 11.3 Å². The SMILES string of the molecule is CC(C)(C)c1ccc2c(n1)sc1c3cccc([B]OC(C)(C)C(C)(C)O)c3ccc21. The molecule has 1 radical (unpaired) electrons. The molecule has 30 heavy (non-hydrogen) atoms. The first kappa shape index (κ1) is 21.3. The van der Waals surface area contributed by atoms with Crippen LogP contribution in [0.1, 0.15) is 54.2 Å². The molecule has 0 atom stereocenters. The summed E-state index contributed by atoms with van der Waals surface area (Å²) in [6.45, 7) is 13.9. The molecule has 0 saturated carbocycles. The highest BCUT2D eigenvalue weighted by Crippen LogP contribution is 2.38. The molecule has 0 amide bonds. The number of hydrogen-bond donors (Lipinski definition) is 1. The van der Waals surface area contributed by atoms with Gasteiger partial charge in [0.2, 0.25) is 0 Å². The Morgan fingerprint density at radius 3 is 2.13 bits per heavy atom. The largest absolute Gasteiger partial charge is 0.427 e. The number of benzene rings is 2. The molecule has 0 aliphatic rings. The molecule has 2 aromatic carbocycles. The van der Waals surface area contributed by atoms with Crippen LogP contribution in [0.2, 0.25) is 0 Å². The average Bonchev–Trinajstić information content (AvgIpc) is 3.03. The molecule has 0 aliphatic heterocycles. The van der Waals surface area contributed by atoms with E-state index in [2.05, 4.69) is 63.2 Å². The van der Waals surface area contributed by atoms with Crippen LogP contribution in [0.15, 0.2) is 42.5 Å². The molecule has 0 aliphatic carbocycles. The Morgan fingerprint density at radius 1 is 0.833 bits per heavy atom.